The number of carboxylic acids is 1. The Kier molecular flexibility index (Phi) is 3.97. The number of carbonyl (C=O) groups is 2. The number of carbonyl (C=O) groups excluding carboxylic acids is 1. The van der Waals surface area contributed by atoms with Gasteiger partial charge in [0.15, 0.2) is 5.78 Å². The Morgan fingerprint density at radius 2 is 1.83 bits per heavy atom. The van der Waals surface area contributed by atoms with Gasteiger partial charge in [-0.15, -0.1) is 0 Å². The zero-order chi connectivity index (χ0) is 13.0. The Balaban J connectivity index is 1.85. The molecule has 1 aliphatic carbocycles. The third kappa shape index (κ3) is 3.87. The lowest BCUT2D eigenvalue weighted by Gasteiger charge is -2.05. The van der Waals surface area contributed by atoms with Crippen LogP contribution in [-0.2, 0) is 4.79 Å². The van der Waals surface area contributed by atoms with Gasteiger partial charge < -0.3 is 9.84 Å². The highest BCUT2D eigenvalue weighted by Crippen LogP contribution is 2.29. The van der Waals surface area contributed by atoms with Crippen LogP contribution in [0.15, 0.2) is 24.3 Å². The van der Waals surface area contributed by atoms with Gasteiger partial charge in [0.1, 0.15) is 5.75 Å². The summed E-state index contributed by atoms with van der Waals surface area (Å²) in [7, 11) is 0. The van der Waals surface area contributed by atoms with E-state index >= 15 is 0 Å². The highest BCUT2D eigenvalue weighted by molar-refractivity contribution is 5.97. The number of Topliss-reactive ketones (excluding diaryl/α,β-unsaturated/α-hetero) is 1. The molecule has 1 aromatic rings. The molecular formula is C14H16O4. The lowest BCUT2D eigenvalue weighted by atomic mass is 10.1. The highest BCUT2D eigenvalue weighted by Gasteiger charge is 2.21. The zero-order valence-electron chi connectivity index (χ0n) is 10.1. The Hall–Kier alpha value is -1.84. The second kappa shape index (κ2) is 5.67. The largest absolute Gasteiger partial charge is 0.493 e. The van der Waals surface area contributed by atoms with Crippen molar-refractivity contribution < 1.29 is 19.4 Å². The number of ether oxygens (including phenoxy) is 1. The molecule has 0 heterocycles. The number of benzene rings is 1. The minimum absolute atomic E-state index is 0.0393. The summed E-state index contributed by atoms with van der Waals surface area (Å²) in [5.74, 6) is 0.359. The van der Waals surface area contributed by atoms with Crippen molar-refractivity contribution in [3.05, 3.63) is 29.8 Å². The summed E-state index contributed by atoms with van der Waals surface area (Å²) in [6, 6.07) is 6.89. The van der Waals surface area contributed by atoms with Crippen LogP contribution >= 0.6 is 0 Å². The van der Waals surface area contributed by atoms with Crippen LogP contribution in [0, 0.1) is 5.92 Å². The predicted octanol–water partition coefficient (Wildman–Crippen LogP) is 2.52. The molecule has 4 nitrogen and oxygen atoms in total. The lowest BCUT2D eigenvalue weighted by Crippen LogP contribution is -2.04. The highest BCUT2D eigenvalue weighted by atomic mass is 16.5. The Morgan fingerprint density at radius 1 is 1.17 bits per heavy atom. The first-order valence-electron chi connectivity index (χ1n) is 6.13. The van der Waals surface area contributed by atoms with Gasteiger partial charge in [-0.05, 0) is 43.0 Å². The first-order valence-corrected chi connectivity index (χ1v) is 6.13. The van der Waals surface area contributed by atoms with E-state index < -0.39 is 5.97 Å². The first-order chi connectivity index (χ1) is 8.65. The average molecular weight is 248 g/mol. The molecule has 0 bridgehead atoms. The summed E-state index contributed by atoms with van der Waals surface area (Å²) in [5, 5.41) is 8.51. The fraction of sp³-hybridized carbons (Fsp3) is 0.429. The maximum absolute atomic E-state index is 11.6. The van der Waals surface area contributed by atoms with Crippen molar-refractivity contribution in [3.8, 4) is 5.75 Å². The van der Waals surface area contributed by atoms with Crippen LogP contribution < -0.4 is 4.74 Å². The smallest absolute Gasteiger partial charge is 0.303 e. The summed E-state index contributed by atoms with van der Waals surface area (Å²) in [5.41, 5.74) is 0.537. The average Bonchev–Trinajstić information content (AvgIpc) is 3.18. The number of hydrogen-bond acceptors (Lipinski definition) is 3. The van der Waals surface area contributed by atoms with Gasteiger partial charge in [-0.25, -0.2) is 0 Å². The number of rotatable bonds is 7. The lowest BCUT2D eigenvalue weighted by molar-refractivity contribution is -0.136. The molecular weight excluding hydrogens is 232 g/mol. The normalized spacial score (nSPS) is 14.2. The second-order valence-corrected chi connectivity index (χ2v) is 4.60. The Morgan fingerprint density at radius 3 is 2.39 bits per heavy atom. The van der Waals surface area contributed by atoms with Gasteiger partial charge in [-0.2, -0.15) is 0 Å². The zero-order valence-corrected chi connectivity index (χ0v) is 10.1. The number of aliphatic carboxylic acids is 1. The van der Waals surface area contributed by atoms with Crippen LogP contribution in [-0.4, -0.2) is 23.5 Å². The first kappa shape index (κ1) is 12.6. The fourth-order valence-electron chi connectivity index (χ4n) is 1.60. The topological polar surface area (TPSA) is 63.6 Å². The van der Waals surface area contributed by atoms with E-state index in [1.165, 1.54) is 12.8 Å². The van der Waals surface area contributed by atoms with Crippen molar-refractivity contribution in [1.29, 1.82) is 0 Å². The molecule has 18 heavy (non-hydrogen) atoms. The molecule has 1 N–H and O–H groups in total. The van der Waals surface area contributed by atoms with E-state index in [4.69, 9.17) is 9.84 Å². The molecule has 0 atom stereocenters. The van der Waals surface area contributed by atoms with Crippen LogP contribution in [0.25, 0.3) is 0 Å². The van der Waals surface area contributed by atoms with Crippen molar-refractivity contribution in [2.24, 2.45) is 5.92 Å². The Bertz CT molecular complexity index is 432. The number of hydrogen-bond donors (Lipinski definition) is 1. The van der Waals surface area contributed by atoms with E-state index in [0.717, 1.165) is 12.4 Å². The third-order valence-electron chi connectivity index (χ3n) is 2.92. The summed E-state index contributed by atoms with van der Waals surface area (Å²) in [6.07, 6.45) is 2.40. The second-order valence-electron chi connectivity index (χ2n) is 4.60. The van der Waals surface area contributed by atoms with E-state index in [9.17, 15) is 9.59 Å². The van der Waals surface area contributed by atoms with Gasteiger partial charge in [0, 0.05) is 12.0 Å². The third-order valence-corrected chi connectivity index (χ3v) is 2.92. The van der Waals surface area contributed by atoms with E-state index in [2.05, 4.69) is 0 Å². The molecule has 96 valence electrons. The SMILES string of the molecule is O=C(O)CCC(=O)c1ccc(OCC2CC2)cc1. The summed E-state index contributed by atoms with van der Waals surface area (Å²) < 4.78 is 5.56. The van der Waals surface area contributed by atoms with E-state index in [1.54, 1.807) is 24.3 Å². The van der Waals surface area contributed by atoms with Crippen molar-refractivity contribution in [2.45, 2.75) is 25.7 Å². The van der Waals surface area contributed by atoms with Crippen molar-refractivity contribution >= 4 is 11.8 Å². The molecule has 0 radical (unpaired) electrons. The quantitative estimate of drug-likeness (QED) is 0.753. The van der Waals surface area contributed by atoms with Crippen LogP contribution in [0.5, 0.6) is 5.75 Å². The van der Waals surface area contributed by atoms with E-state index in [1.807, 2.05) is 0 Å². The molecule has 0 aliphatic heterocycles. The maximum atomic E-state index is 11.6. The molecule has 0 amide bonds. The van der Waals surface area contributed by atoms with Gasteiger partial charge in [0.25, 0.3) is 0 Å². The maximum Gasteiger partial charge on any atom is 0.303 e. The molecule has 4 heteroatoms. The van der Waals surface area contributed by atoms with Crippen molar-refractivity contribution in [2.75, 3.05) is 6.61 Å². The molecule has 0 saturated heterocycles. The van der Waals surface area contributed by atoms with Gasteiger partial charge >= 0.3 is 5.97 Å². The molecule has 2 rings (SSSR count). The minimum Gasteiger partial charge on any atom is -0.493 e. The summed E-state index contributed by atoms with van der Waals surface area (Å²) >= 11 is 0. The molecule has 1 fully saturated rings. The monoisotopic (exact) mass is 248 g/mol. The molecule has 0 aromatic heterocycles. The number of carboxylic acid groups (broad SMARTS) is 1. The van der Waals surface area contributed by atoms with Crippen LogP contribution in [0.1, 0.15) is 36.0 Å². The molecule has 1 aromatic carbocycles. The summed E-state index contributed by atoms with van der Waals surface area (Å²) in [4.78, 5) is 22.0. The van der Waals surface area contributed by atoms with Crippen LogP contribution in [0.4, 0.5) is 0 Å². The minimum atomic E-state index is -0.951. The van der Waals surface area contributed by atoms with E-state index in [-0.39, 0.29) is 18.6 Å². The Labute approximate surface area is 106 Å². The van der Waals surface area contributed by atoms with Crippen molar-refractivity contribution in [1.82, 2.24) is 0 Å². The number of ketones is 1. The van der Waals surface area contributed by atoms with Crippen molar-refractivity contribution in [3.63, 3.8) is 0 Å². The molecule has 1 saturated carbocycles. The molecule has 0 unspecified atom stereocenters. The van der Waals surface area contributed by atoms with Gasteiger partial charge in [-0.1, -0.05) is 0 Å². The summed E-state index contributed by atoms with van der Waals surface area (Å²) in [6.45, 7) is 0.742. The predicted molar refractivity (Wildman–Crippen MR) is 65.9 cm³/mol. The van der Waals surface area contributed by atoms with Crippen LogP contribution in [0.2, 0.25) is 0 Å². The standard InChI is InChI=1S/C14H16O4/c15-13(7-8-14(16)17)11-3-5-12(6-4-11)18-9-10-1-2-10/h3-6,10H,1-2,7-9H2,(H,16,17). The fourth-order valence-corrected chi connectivity index (χ4v) is 1.60. The molecule has 1 aliphatic rings. The van der Waals surface area contributed by atoms with Gasteiger partial charge in [0.2, 0.25) is 0 Å². The van der Waals surface area contributed by atoms with E-state index in [0.29, 0.717) is 11.5 Å². The van der Waals surface area contributed by atoms with Crippen LogP contribution in [0.3, 0.4) is 0 Å². The van der Waals surface area contributed by atoms with Gasteiger partial charge in [0.05, 0.1) is 13.0 Å². The van der Waals surface area contributed by atoms with Gasteiger partial charge in [-0.3, -0.25) is 9.59 Å². The molecule has 0 spiro atoms.